The molecule has 2 aromatic carbocycles. The van der Waals surface area contributed by atoms with E-state index in [0.29, 0.717) is 22.7 Å². The average Bonchev–Trinajstić information content (AvgIpc) is 2.80. The van der Waals surface area contributed by atoms with Crippen molar-refractivity contribution in [1.29, 1.82) is 0 Å². The van der Waals surface area contributed by atoms with Gasteiger partial charge in [-0.3, -0.25) is 19.2 Å². The van der Waals surface area contributed by atoms with E-state index >= 15 is 0 Å². The molecule has 3 N–H and O–H groups in total. The Bertz CT molecular complexity index is 958. The predicted octanol–water partition coefficient (Wildman–Crippen LogP) is 0.975. The number of hydrogen-bond donors (Lipinski definition) is 3. The summed E-state index contributed by atoms with van der Waals surface area (Å²) in [5.41, 5.74) is 1.15. The lowest BCUT2D eigenvalue weighted by Gasteiger charge is -2.10. The van der Waals surface area contributed by atoms with Gasteiger partial charge in [-0.2, -0.15) is 0 Å². The highest BCUT2D eigenvalue weighted by atomic mass is 16.5. The maximum Gasteiger partial charge on any atom is 0.325 e. The van der Waals surface area contributed by atoms with Crippen molar-refractivity contribution in [2.45, 2.75) is 0 Å². The molecule has 0 saturated heterocycles. The lowest BCUT2D eigenvalue weighted by Crippen LogP contribution is -2.32. The molecule has 2 aromatic rings. The molecule has 0 unspecified atom stereocenters. The zero-order chi connectivity index (χ0) is 22.8. The molecule has 10 nitrogen and oxygen atoms in total. The van der Waals surface area contributed by atoms with Crippen LogP contribution in [0.3, 0.4) is 0 Å². The summed E-state index contributed by atoms with van der Waals surface area (Å²) in [6, 6.07) is 10.8. The minimum atomic E-state index is -0.779. The number of methoxy groups -OCH3 is 2. The van der Waals surface area contributed by atoms with E-state index in [-0.39, 0.29) is 11.5 Å². The Morgan fingerprint density at radius 1 is 0.839 bits per heavy atom. The summed E-state index contributed by atoms with van der Waals surface area (Å²) >= 11 is 0. The summed E-state index contributed by atoms with van der Waals surface area (Å²) in [4.78, 5) is 47.4. The van der Waals surface area contributed by atoms with Crippen molar-refractivity contribution in [1.82, 2.24) is 10.6 Å². The van der Waals surface area contributed by atoms with Gasteiger partial charge in [0.05, 0.1) is 14.2 Å². The Morgan fingerprint density at radius 3 is 2.10 bits per heavy atom. The second-order valence-corrected chi connectivity index (χ2v) is 6.12. The Hall–Kier alpha value is -4.08. The summed E-state index contributed by atoms with van der Waals surface area (Å²) in [5, 5.41) is 7.43. The second-order valence-electron chi connectivity index (χ2n) is 6.12. The van der Waals surface area contributed by atoms with Crippen LogP contribution in [0.1, 0.15) is 20.7 Å². The van der Waals surface area contributed by atoms with E-state index in [4.69, 9.17) is 14.2 Å². The van der Waals surface area contributed by atoms with Crippen molar-refractivity contribution < 1.29 is 33.4 Å². The first-order chi connectivity index (χ1) is 14.9. The molecule has 0 aliphatic heterocycles. The largest absolute Gasteiger partial charge is 0.493 e. The lowest BCUT2D eigenvalue weighted by atomic mass is 10.2. The Morgan fingerprint density at radius 2 is 1.48 bits per heavy atom. The van der Waals surface area contributed by atoms with Gasteiger partial charge in [0.2, 0.25) is 0 Å². The number of amides is 3. The van der Waals surface area contributed by atoms with Crippen LogP contribution in [0.5, 0.6) is 11.5 Å². The summed E-state index contributed by atoms with van der Waals surface area (Å²) in [7, 11) is 4.44. The maximum absolute atomic E-state index is 12.2. The SMILES string of the molecule is CNC(=O)c1ccc(NC(=O)COC(=O)CNC(=O)c2ccc(OC)c(OC)c2)cc1. The van der Waals surface area contributed by atoms with Crippen molar-refractivity contribution in [2.75, 3.05) is 39.7 Å². The number of ether oxygens (including phenoxy) is 3. The van der Waals surface area contributed by atoms with Crippen LogP contribution < -0.4 is 25.4 Å². The number of hydrogen-bond acceptors (Lipinski definition) is 7. The number of carbonyl (C=O) groups excluding carboxylic acids is 4. The van der Waals surface area contributed by atoms with Crippen LogP contribution in [-0.4, -0.2) is 58.1 Å². The van der Waals surface area contributed by atoms with Crippen LogP contribution >= 0.6 is 0 Å². The van der Waals surface area contributed by atoms with Crippen LogP contribution in [-0.2, 0) is 14.3 Å². The predicted molar refractivity (Wildman–Crippen MR) is 111 cm³/mol. The standard InChI is InChI=1S/C21H23N3O7/c1-22-20(27)13-4-7-15(8-5-13)24-18(25)12-31-19(26)11-23-21(28)14-6-9-16(29-2)17(10-14)30-3/h4-10H,11-12H2,1-3H3,(H,22,27)(H,23,28)(H,24,25). The first-order valence-electron chi connectivity index (χ1n) is 9.15. The zero-order valence-electron chi connectivity index (χ0n) is 17.3. The third kappa shape index (κ3) is 6.74. The molecule has 0 saturated carbocycles. The Kier molecular flexibility index (Phi) is 8.38. The first-order valence-corrected chi connectivity index (χ1v) is 9.15. The van der Waals surface area contributed by atoms with E-state index in [2.05, 4.69) is 16.0 Å². The molecule has 164 valence electrons. The molecule has 0 radical (unpaired) electrons. The number of rotatable bonds is 9. The van der Waals surface area contributed by atoms with E-state index in [1.165, 1.54) is 33.4 Å². The monoisotopic (exact) mass is 429 g/mol. The van der Waals surface area contributed by atoms with Gasteiger partial charge < -0.3 is 30.2 Å². The van der Waals surface area contributed by atoms with Crippen molar-refractivity contribution in [3.8, 4) is 11.5 Å². The van der Waals surface area contributed by atoms with E-state index in [9.17, 15) is 19.2 Å². The number of anilines is 1. The van der Waals surface area contributed by atoms with E-state index < -0.39 is 30.9 Å². The average molecular weight is 429 g/mol. The van der Waals surface area contributed by atoms with Crippen molar-refractivity contribution in [3.63, 3.8) is 0 Å². The van der Waals surface area contributed by atoms with Crippen LogP contribution in [0, 0.1) is 0 Å². The fourth-order valence-electron chi connectivity index (χ4n) is 2.48. The van der Waals surface area contributed by atoms with E-state index in [1.54, 1.807) is 30.3 Å². The minimum Gasteiger partial charge on any atom is -0.493 e. The maximum atomic E-state index is 12.2. The molecular weight excluding hydrogens is 406 g/mol. The molecular formula is C21H23N3O7. The highest BCUT2D eigenvalue weighted by molar-refractivity contribution is 5.97. The number of carbonyl (C=O) groups is 4. The fraction of sp³-hybridized carbons (Fsp3) is 0.238. The molecule has 0 atom stereocenters. The van der Waals surface area contributed by atoms with Gasteiger partial charge in [0.1, 0.15) is 6.54 Å². The normalized spacial score (nSPS) is 9.90. The van der Waals surface area contributed by atoms with Gasteiger partial charge in [0, 0.05) is 23.9 Å². The van der Waals surface area contributed by atoms with Gasteiger partial charge >= 0.3 is 5.97 Å². The number of esters is 1. The van der Waals surface area contributed by atoms with Gasteiger partial charge in [-0.15, -0.1) is 0 Å². The second kappa shape index (κ2) is 11.2. The molecule has 10 heteroatoms. The van der Waals surface area contributed by atoms with Crippen LogP contribution in [0.25, 0.3) is 0 Å². The van der Waals surface area contributed by atoms with E-state index in [0.717, 1.165) is 0 Å². The molecule has 2 rings (SSSR count). The minimum absolute atomic E-state index is 0.248. The lowest BCUT2D eigenvalue weighted by molar-refractivity contribution is -0.146. The molecule has 0 aromatic heterocycles. The molecule has 0 spiro atoms. The van der Waals surface area contributed by atoms with Crippen molar-refractivity contribution in [2.24, 2.45) is 0 Å². The topological polar surface area (TPSA) is 132 Å². The van der Waals surface area contributed by atoms with Gasteiger partial charge in [-0.1, -0.05) is 0 Å². The van der Waals surface area contributed by atoms with Gasteiger partial charge in [0.25, 0.3) is 17.7 Å². The fourth-order valence-corrected chi connectivity index (χ4v) is 2.48. The third-order valence-corrected chi connectivity index (χ3v) is 4.06. The number of benzene rings is 2. The zero-order valence-corrected chi connectivity index (χ0v) is 17.3. The molecule has 0 fully saturated rings. The molecule has 0 aliphatic carbocycles. The molecule has 3 amide bonds. The van der Waals surface area contributed by atoms with Gasteiger partial charge in [-0.05, 0) is 42.5 Å². The van der Waals surface area contributed by atoms with Crippen molar-refractivity contribution in [3.05, 3.63) is 53.6 Å². The molecule has 0 aliphatic rings. The van der Waals surface area contributed by atoms with E-state index in [1.807, 2.05) is 0 Å². The molecule has 0 bridgehead atoms. The van der Waals surface area contributed by atoms with Gasteiger partial charge in [0.15, 0.2) is 18.1 Å². The quantitative estimate of drug-likeness (QED) is 0.506. The van der Waals surface area contributed by atoms with Crippen LogP contribution in [0.15, 0.2) is 42.5 Å². The van der Waals surface area contributed by atoms with Crippen molar-refractivity contribution >= 4 is 29.4 Å². The van der Waals surface area contributed by atoms with Gasteiger partial charge in [-0.25, -0.2) is 0 Å². The summed E-state index contributed by atoms with van der Waals surface area (Å²) in [6.07, 6.45) is 0. The third-order valence-electron chi connectivity index (χ3n) is 4.06. The van der Waals surface area contributed by atoms with Crippen LogP contribution in [0.4, 0.5) is 5.69 Å². The summed E-state index contributed by atoms with van der Waals surface area (Å²) < 4.78 is 15.1. The highest BCUT2D eigenvalue weighted by Gasteiger charge is 2.13. The Balaban J connectivity index is 1.78. The number of nitrogens with one attached hydrogen (secondary N) is 3. The highest BCUT2D eigenvalue weighted by Crippen LogP contribution is 2.27. The van der Waals surface area contributed by atoms with Crippen LogP contribution in [0.2, 0.25) is 0 Å². The first kappa shape index (κ1) is 23.2. The Labute approximate surface area is 178 Å². The summed E-state index contributed by atoms with van der Waals surface area (Å²) in [6.45, 7) is -0.941. The molecule has 0 heterocycles. The smallest absolute Gasteiger partial charge is 0.325 e. The summed E-state index contributed by atoms with van der Waals surface area (Å²) in [5.74, 6) is -1.27. The molecule has 31 heavy (non-hydrogen) atoms.